The Morgan fingerprint density at radius 2 is 1.81 bits per heavy atom. The SMILES string of the molecule is CCOc1ccc(C(=O)c2ccc(Cl)c([N+](=O)[O-])c2)cc1. The number of benzene rings is 2. The molecule has 2 aromatic rings. The average Bonchev–Trinajstić information content (AvgIpc) is 2.48. The number of carbonyl (C=O) groups excluding carboxylic acids is 1. The third kappa shape index (κ3) is 3.38. The summed E-state index contributed by atoms with van der Waals surface area (Å²) in [6.07, 6.45) is 0. The van der Waals surface area contributed by atoms with Crippen LogP contribution in [-0.4, -0.2) is 17.3 Å². The molecule has 0 amide bonds. The summed E-state index contributed by atoms with van der Waals surface area (Å²) in [5, 5.41) is 10.8. The van der Waals surface area contributed by atoms with Crippen LogP contribution in [0.25, 0.3) is 0 Å². The molecule has 0 fully saturated rings. The van der Waals surface area contributed by atoms with Gasteiger partial charge in [0.05, 0.1) is 11.5 Å². The van der Waals surface area contributed by atoms with Crippen LogP contribution in [0.1, 0.15) is 22.8 Å². The number of ether oxygens (including phenoxy) is 1. The molecule has 0 N–H and O–H groups in total. The van der Waals surface area contributed by atoms with Crippen molar-refractivity contribution in [2.75, 3.05) is 6.61 Å². The van der Waals surface area contributed by atoms with Crippen molar-refractivity contribution >= 4 is 23.1 Å². The maximum Gasteiger partial charge on any atom is 0.288 e. The van der Waals surface area contributed by atoms with Gasteiger partial charge in [0.15, 0.2) is 5.78 Å². The van der Waals surface area contributed by atoms with Crippen LogP contribution in [0.4, 0.5) is 5.69 Å². The fourth-order valence-electron chi connectivity index (χ4n) is 1.83. The molecule has 0 aliphatic rings. The highest BCUT2D eigenvalue weighted by Crippen LogP contribution is 2.26. The minimum atomic E-state index is -0.614. The van der Waals surface area contributed by atoms with Gasteiger partial charge in [-0.05, 0) is 43.3 Å². The molecule has 0 saturated carbocycles. The molecule has 0 atom stereocenters. The third-order valence-corrected chi connectivity index (χ3v) is 3.15. The summed E-state index contributed by atoms with van der Waals surface area (Å²) < 4.78 is 5.29. The van der Waals surface area contributed by atoms with E-state index in [-0.39, 0.29) is 22.1 Å². The number of nitro groups is 1. The van der Waals surface area contributed by atoms with Crippen LogP contribution in [0.2, 0.25) is 5.02 Å². The minimum Gasteiger partial charge on any atom is -0.494 e. The molecule has 0 unspecified atom stereocenters. The van der Waals surface area contributed by atoms with Gasteiger partial charge >= 0.3 is 0 Å². The van der Waals surface area contributed by atoms with E-state index in [0.717, 1.165) is 0 Å². The lowest BCUT2D eigenvalue weighted by Crippen LogP contribution is -2.02. The van der Waals surface area contributed by atoms with Gasteiger partial charge in [-0.2, -0.15) is 0 Å². The summed E-state index contributed by atoms with van der Waals surface area (Å²) in [6, 6.07) is 10.6. The first kappa shape index (κ1) is 15.0. The summed E-state index contributed by atoms with van der Waals surface area (Å²) in [6.45, 7) is 2.41. The summed E-state index contributed by atoms with van der Waals surface area (Å²) in [5.41, 5.74) is 0.360. The molecule has 0 heterocycles. The highest BCUT2D eigenvalue weighted by atomic mass is 35.5. The number of hydrogen-bond donors (Lipinski definition) is 0. The zero-order chi connectivity index (χ0) is 15.4. The number of rotatable bonds is 5. The van der Waals surface area contributed by atoms with Crippen molar-refractivity contribution in [1.29, 1.82) is 0 Å². The fourth-order valence-corrected chi connectivity index (χ4v) is 2.02. The highest BCUT2D eigenvalue weighted by molar-refractivity contribution is 6.32. The predicted molar refractivity (Wildman–Crippen MR) is 79.1 cm³/mol. The number of ketones is 1. The van der Waals surface area contributed by atoms with Gasteiger partial charge in [0, 0.05) is 17.2 Å². The van der Waals surface area contributed by atoms with Crippen LogP contribution in [0.15, 0.2) is 42.5 Å². The zero-order valence-electron chi connectivity index (χ0n) is 11.2. The first-order valence-corrected chi connectivity index (χ1v) is 6.62. The van der Waals surface area contributed by atoms with Gasteiger partial charge in [-0.1, -0.05) is 11.6 Å². The zero-order valence-corrected chi connectivity index (χ0v) is 12.0. The molecule has 0 radical (unpaired) electrons. The smallest absolute Gasteiger partial charge is 0.288 e. The molecule has 2 rings (SSSR count). The van der Waals surface area contributed by atoms with Crippen molar-refractivity contribution in [2.45, 2.75) is 6.92 Å². The van der Waals surface area contributed by atoms with Crippen molar-refractivity contribution in [3.63, 3.8) is 0 Å². The fraction of sp³-hybridized carbons (Fsp3) is 0.133. The Labute approximate surface area is 126 Å². The molecule has 0 aromatic heterocycles. The average molecular weight is 306 g/mol. The van der Waals surface area contributed by atoms with Crippen LogP contribution in [0, 0.1) is 10.1 Å². The number of nitro benzene ring substituents is 1. The maximum absolute atomic E-state index is 12.3. The van der Waals surface area contributed by atoms with E-state index in [2.05, 4.69) is 0 Å². The number of halogens is 1. The largest absolute Gasteiger partial charge is 0.494 e. The molecule has 5 nitrogen and oxygen atoms in total. The van der Waals surface area contributed by atoms with E-state index >= 15 is 0 Å². The normalized spacial score (nSPS) is 10.2. The van der Waals surface area contributed by atoms with Crippen LogP contribution in [-0.2, 0) is 0 Å². The van der Waals surface area contributed by atoms with Gasteiger partial charge in [0.2, 0.25) is 0 Å². The molecule has 2 aromatic carbocycles. The van der Waals surface area contributed by atoms with Crippen molar-refractivity contribution in [2.24, 2.45) is 0 Å². The van der Waals surface area contributed by atoms with E-state index in [0.29, 0.717) is 17.9 Å². The second-order valence-electron chi connectivity index (χ2n) is 4.21. The lowest BCUT2D eigenvalue weighted by Gasteiger charge is -2.05. The van der Waals surface area contributed by atoms with E-state index in [1.807, 2.05) is 6.92 Å². The monoisotopic (exact) mass is 305 g/mol. The molecule has 0 bridgehead atoms. The Balaban J connectivity index is 2.31. The van der Waals surface area contributed by atoms with Gasteiger partial charge in [-0.3, -0.25) is 14.9 Å². The summed E-state index contributed by atoms with van der Waals surface area (Å²) in [7, 11) is 0. The van der Waals surface area contributed by atoms with Gasteiger partial charge in [-0.15, -0.1) is 0 Å². The van der Waals surface area contributed by atoms with Crippen LogP contribution >= 0.6 is 11.6 Å². The van der Waals surface area contributed by atoms with Crippen molar-refractivity contribution in [1.82, 2.24) is 0 Å². The van der Waals surface area contributed by atoms with Gasteiger partial charge < -0.3 is 4.74 Å². The van der Waals surface area contributed by atoms with Crippen molar-refractivity contribution < 1.29 is 14.5 Å². The van der Waals surface area contributed by atoms with E-state index in [1.165, 1.54) is 18.2 Å². The maximum atomic E-state index is 12.3. The van der Waals surface area contributed by atoms with E-state index in [9.17, 15) is 14.9 Å². The first-order chi connectivity index (χ1) is 10.0. The lowest BCUT2D eigenvalue weighted by atomic mass is 10.0. The third-order valence-electron chi connectivity index (χ3n) is 2.83. The van der Waals surface area contributed by atoms with E-state index in [1.54, 1.807) is 24.3 Å². The molecule has 21 heavy (non-hydrogen) atoms. The number of nitrogens with zero attached hydrogens (tertiary/aromatic N) is 1. The second-order valence-corrected chi connectivity index (χ2v) is 4.62. The molecule has 0 aliphatic heterocycles. The van der Waals surface area contributed by atoms with Gasteiger partial charge in [-0.25, -0.2) is 0 Å². The molecule has 6 heteroatoms. The standard InChI is InChI=1S/C15H12ClNO4/c1-2-21-12-6-3-10(4-7-12)15(18)11-5-8-13(16)14(9-11)17(19)20/h3-9H,2H2,1H3. The molecule has 0 spiro atoms. The van der Waals surface area contributed by atoms with Crippen LogP contribution in [0.5, 0.6) is 5.75 Å². The summed E-state index contributed by atoms with van der Waals surface area (Å²) in [4.78, 5) is 22.5. The highest BCUT2D eigenvalue weighted by Gasteiger charge is 2.17. The van der Waals surface area contributed by atoms with E-state index in [4.69, 9.17) is 16.3 Å². The molecule has 0 saturated heterocycles. The Morgan fingerprint density at radius 1 is 1.19 bits per heavy atom. The lowest BCUT2D eigenvalue weighted by molar-refractivity contribution is -0.384. The van der Waals surface area contributed by atoms with Crippen molar-refractivity contribution in [3.05, 3.63) is 68.7 Å². The predicted octanol–water partition coefficient (Wildman–Crippen LogP) is 3.88. The van der Waals surface area contributed by atoms with E-state index < -0.39 is 4.92 Å². The number of carbonyl (C=O) groups is 1. The van der Waals surface area contributed by atoms with Gasteiger partial charge in [0.25, 0.3) is 5.69 Å². The van der Waals surface area contributed by atoms with Crippen LogP contribution in [0.3, 0.4) is 0 Å². The van der Waals surface area contributed by atoms with Crippen LogP contribution < -0.4 is 4.74 Å². The first-order valence-electron chi connectivity index (χ1n) is 6.24. The molecular formula is C15H12ClNO4. The number of hydrogen-bond acceptors (Lipinski definition) is 4. The van der Waals surface area contributed by atoms with Gasteiger partial charge in [0.1, 0.15) is 10.8 Å². The molecule has 108 valence electrons. The Kier molecular flexibility index (Phi) is 4.55. The second kappa shape index (κ2) is 6.37. The molecular weight excluding hydrogens is 294 g/mol. The molecule has 0 aliphatic carbocycles. The summed E-state index contributed by atoms with van der Waals surface area (Å²) >= 11 is 5.73. The van der Waals surface area contributed by atoms with Crippen molar-refractivity contribution in [3.8, 4) is 5.75 Å². The quantitative estimate of drug-likeness (QED) is 0.477. The Hall–Kier alpha value is -2.40. The topological polar surface area (TPSA) is 69.4 Å². The summed E-state index contributed by atoms with van der Waals surface area (Å²) in [5.74, 6) is 0.356. The Bertz CT molecular complexity index is 683. The Morgan fingerprint density at radius 3 is 2.38 bits per heavy atom. The minimum absolute atomic E-state index is 0.00300.